The maximum Gasteiger partial charge on any atom is 0.319 e. The molecule has 2 rings (SSSR count). The van der Waals surface area contributed by atoms with Gasteiger partial charge in [-0.2, -0.15) is 0 Å². The number of carbonyl (C=O) groups excluding carboxylic acids is 1. The lowest BCUT2D eigenvalue weighted by atomic mass is 9.97. The number of amides is 2. The van der Waals surface area contributed by atoms with Gasteiger partial charge in [0.15, 0.2) is 0 Å². The van der Waals surface area contributed by atoms with Crippen molar-refractivity contribution >= 4 is 11.7 Å². The standard InChI is InChI=1S/C19H24N2O/c1-4-15(3)17-10-5-6-11-18(17)21-19(22)20-13-16-9-7-8-14(2)12-16/h5-12,15H,4,13H2,1-3H3,(H2,20,21,22). The van der Waals surface area contributed by atoms with Crippen molar-refractivity contribution in [2.24, 2.45) is 0 Å². The van der Waals surface area contributed by atoms with Crippen LogP contribution in [0.25, 0.3) is 0 Å². The fraction of sp³-hybridized carbons (Fsp3) is 0.316. The number of urea groups is 1. The SMILES string of the molecule is CCC(C)c1ccccc1NC(=O)NCc1cccc(C)c1. The van der Waals surface area contributed by atoms with Crippen LogP contribution < -0.4 is 10.6 Å². The molecule has 22 heavy (non-hydrogen) atoms. The van der Waals surface area contributed by atoms with E-state index in [2.05, 4.69) is 36.6 Å². The van der Waals surface area contributed by atoms with Gasteiger partial charge >= 0.3 is 6.03 Å². The number of hydrogen-bond acceptors (Lipinski definition) is 1. The zero-order chi connectivity index (χ0) is 15.9. The van der Waals surface area contributed by atoms with Gasteiger partial charge in [-0.15, -0.1) is 0 Å². The van der Waals surface area contributed by atoms with Gasteiger partial charge in [0, 0.05) is 12.2 Å². The minimum absolute atomic E-state index is 0.169. The third-order valence-electron chi connectivity index (χ3n) is 3.89. The largest absolute Gasteiger partial charge is 0.334 e. The van der Waals surface area contributed by atoms with Crippen molar-refractivity contribution in [1.29, 1.82) is 0 Å². The van der Waals surface area contributed by atoms with Crippen molar-refractivity contribution in [1.82, 2.24) is 5.32 Å². The van der Waals surface area contributed by atoms with E-state index >= 15 is 0 Å². The van der Waals surface area contributed by atoms with E-state index in [4.69, 9.17) is 0 Å². The molecule has 0 radical (unpaired) electrons. The average molecular weight is 296 g/mol. The first-order valence-corrected chi connectivity index (χ1v) is 7.79. The highest BCUT2D eigenvalue weighted by Gasteiger charge is 2.10. The van der Waals surface area contributed by atoms with Crippen molar-refractivity contribution in [3.63, 3.8) is 0 Å². The molecular weight excluding hydrogens is 272 g/mol. The minimum Gasteiger partial charge on any atom is -0.334 e. The summed E-state index contributed by atoms with van der Waals surface area (Å²) < 4.78 is 0. The average Bonchev–Trinajstić information content (AvgIpc) is 2.53. The number of aryl methyl sites for hydroxylation is 1. The maximum atomic E-state index is 12.1. The van der Waals surface area contributed by atoms with Gasteiger partial charge in [0.05, 0.1) is 0 Å². The summed E-state index contributed by atoms with van der Waals surface area (Å²) in [4.78, 5) is 12.1. The van der Waals surface area contributed by atoms with Crippen molar-refractivity contribution in [2.75, 3.05) is 5.32 Å². The van der Waals surface area contributed by atoms with E-state index in [-0.39, 0.29) is 6.03 Å². The van der Waals surface area contributed by atoms with E-state index in [1.807, 2.05) is 43.3 Å². The van der Waals surface area contributed by atoms with Crippen LogP contribution in [0.15, 0.2) is 48.5 Å². The molecule has 1 atom stereocenters. The Hall–Kier alpha value is -2.29. The molecule has 2 amide bonds. The zero-order valence-corrected chi connectivity index (χ0v) is 13.5. The molecule has 2 N–H and O–H groups in total. The number of carbonyl (C=O) groups is 1. The second-order valence-corrected chi connectivity index (χ2v) is 5.69. The van der Waals surface area contributed by atoms with Gasteiger partial charge in [0.2, 0.25) is 0 Å². The van der Waals surface area contributed by atoms with Crippen LogP contribution in [0.1, 0.15) is 42.9 Å². The maximum absolute atomic E-state index is 12.1. The van der Waals surface area contributed by atoms with Crippen molar-refractivity contribution in [3.05, 3.63) is 65.2 Å². The molecule has 2 aromatic carbocycles. The summed E-state index contributed by atoms with van der Waals surface area (Å²) in [6.07, 6.45) is 1.05. The van der Waals surface area contributed by atoms with Gasteiger partial charge in [0.25, 0.3) is 0 Å². The molecular formula is C19H24N2O. The van der Waals surface area contributed by atoms with Crippen LogP contribution in [0.3, 0.4) is 0 Å². The first-order valence-electron chi connectivity index (χ1n) is 7.79. The highest BCUT2D eigenvalue weighted by Crippen LogP contribution is 2.26. The fourth-order valence-electron chi connectivity index (χ4n) is 2.43. The van der Waals surface area contributed by atoms with Crippen LogP contribution in [0, 0.1) is 6.92 Å². The van der Waals surface area contributed by atoms with Crippen LogP contribution >= 0.6 is 0 Å². The van der Waals surface area contributed by atoms with Crippen LogP contribution in [0.4, 0.5) is 10.5 Å². The monoisotopic (exact) mass is 296 g/mol. The van der Waals surface area contributed by atoms with Crippen LogP contribution in [0.2, 0.25) is 0 Å². The lowest BCUT2D eigenvalue weighted by Crippen LogP contribution is -2.28. The van der Waals surface area contributed by atoms with Crippen molar-refractivity contribution in [3.8, 4) is 0 Å². The van der Waals surface area contributed by atoms with Crippen LogP contribution in [-0.4, -0.2) is 6.03 Å². The second kappa shape index (κ2) is 7.64. The van der Waals surface area contributed by atoms with E-state index in [0.29, 0.717) is 12.5 Å². The van der Waals surface area contributed by atoms with Gasteiger partial charge in [-0.25, -0.2) is 4.79 Å². The lowest BCUT2D eigenvalue weighted by Gasteiger charge is -2.16. The summed E-state index contributed by atoms with van der Waals surface area (Å²) in [7, 11) is 0. The van der Waals surface area contributed by atoms with E-state index < -0.39 is 0 Å². The Labute approximate surface area is 132 Å². The molecule has 0 aromatic heterocycles. The molecule has 0 aliphatic rings. The number of nitrogens with one attached hydrogen (secondary N) is 2. The minimum atomic E-state index is -0.169. The predicted octanol–water partition coefficient (Wildman–Crippen LogP) is 4.83. The van der Waals surface area contributed by atoms with Gasteiger partial charge in [-0.05, 0) is 36.5 Å². The van der Waals surface area contributed by atoms with E-state index in [1.54, 1.807) is 0 Å². The molecule has 0 bridgehead atoms. The molecule has 0 heterocycles. The van der Waals surface area contributed by atoms with Crippen molar-refractivity contribution < 1.29 is 4.79 Å². The molecule has 0 spiro atoms. The normalized spacial score (nSPS) is 11.8. The van der Waals surface area contributed by atoms with Crippen molar-refractivity contribution in [2.45, 2.75) is 39.7 Å². The third kappa shape index (κ3) is 4.35. The van der Waals surface area contributed by atoms with Gasteiger partial charge in [0.1, 0.15) is 0 Å². The summed E-state index contributed by atoms with van der Waals surface area (Å²) in [6.45, 7) is 6.90. The molecule has 3 nitrogen and oxygen atoms in total. The zero-order valence-electron chi connectivity index (χ0n) is 13.5. The number of rotatable bonds is 5. The molecule has 1 unspecified atom stereocenters. The molecule has 0 aliphatic heterocycles. The molecule has 2 aromatic rings. The molecule has 0 saturated heterocycles. The Balaban J connectivity index is 1.98. The summed E-state index contributed by atoms with van der Waals surface area (Å²) >= 11 is 0. The third-order valence-corrected chi connectivity index (χ3v) is 3.89. The van der Waals surface area contributed by atoms with Crippen LogP contribution in [-0.2, 0) is 6.54 Å². The number of benzene rings is 2. The van der Waals surface area contributed by atoms with Crippen LogP contribution in [0.5, 0.6) is 0 Å². The Morgan fingerprint density at radius 1 is 1.14 bits per heavy atom. The topological polar surface area (TPSA) is 41.1 Å². The van der Waals surface area contributed by atoms with Gasteiger partial charge in [-0.3, -0.25) is 0 Å². The Morgan fingerprint density at radius 2 is 1.91 bits per heavy atom. The molecule has 3 heteroatoms. The van der Waals surface area contributed by atoms with E-state index in [9.17, 15) is 4.79 Å². The highest BCUT2D eigenvalue weighted by molar-refractivity contribution is 5.90. The fourth-order valence-corrected chi connectivity index (χ4v) is 2.43. The smallest absolute Gasteiger partial charge is 0.319 e. The Kier molecular flexibility index (Phi) is 5.59. The van der Waals surface area contributed by atoms with E-state index in [0.717, 1.165) is 17.7 Å². The Bertz CT molecular complexity index is 637. The number of para-hydroxylation sites is 1. The molecule has 0 fully saturated rings. The lowest BCUT2D eigenvalue weighted by molar-refractivity contribution is 0.251. The summed E-state index contributed by atoms with van der Waals surface area (Å²) in [6, 6.07) is 16.0. The highest BCUT2D eigenvalue weighted by atomic mass is 16.2. The van der Waals surface area contributed by atoms with Gasteiger partial charge < -0.3 is 10.6 Å². The summed E-state index contributed by atoms with van der Waals surface area (Å²) in [5, 5.41) is 5.87. The quantitative estimate of drug-likeness (QED) is 0.815. The van der Waals surface area contributed by atoms with Gasteiger partial charge in [-0.1, -0.05) is 61.9 Å². The molecule has 0 saturated carbocycles. The van der Waals surface area contributed by atoms with E-state index in [1.165, 1.54) is 11.1 Å². The summed E-state index contributed by atoms with van der Waals surface area (Å²) in [5.74, 6) is 0.424. The molecule has 116 valence electrons. The number of hydrogen-bond donors (Lipinski definition) is 2. The first kappa shape index (κ1) is 16.1. The Morgan fingerprint density at radius 3 is 2.64 bits per heavy atom. The summed E-state index contributed by atoms with van der Waals surface area (Å²) in [5.41, 5.74) is 4.36. The second-order valence-electron chi connectivity index (χ2n) is 5.69. The predicted molar refractivity (Wildman–Crippen MR) is 92.2 cm³/mol. The number of anilines is 1. The first-order chi connectivity index (χ1) is 10.6. The molecule has 0 aliphatic carbocycles.